The van der Waals surface area contributed by atoms with E-state index in [0.717, 1.165) is 18.5 Å². The summed E-state index contributed by atoms with van der Waals surface area (Å²) in [4.78, 5) is 0. The second kappa shape index (κ2) is 3.59. The molecule has 0 atom stereocenters. The lowest BCUT2D eigenvalue weighted by molar-refractivity contribution is 0.422. The normalized spacial score (nSPS) is 20.3. The molecule has 1 aromatic rings. The lowest BCUT2D eigenvalue weighted by Crippen LogP contribution is -2.35. The zero-order valence-corrected chi connectivity index (χ0v) is 10.9. The van der Waals surface area contributed by atoms with E-state index < -0.39 is 0 Å². The van der Waals surface area contributed by atoms with Crippen LogP contribution in [0.3, 0.4) is 0 Å². The van der Waals surface area contributed by atoms with Gasteiger partial charge in [-0.25, -0.2) is 0 Å². The van der Waals surface area contributed by atoms with Gasteiger partial charge in [-0.3, -0.25) is 4.68 Å². The fourth-order valence-corrected chi connectivity index (χ4v) is 2.56. The summed E-state index contributed by atoms with van der Waals surface area (Å²) in [6.07, 6.45) is 4.67. The van der Waals surface area contributed by atoms with Crippen LogP contribution in [0.1, 0.15) is 57.8 Å². The van der Waals surface area contributed by atoms with Gasteiger partial charge >= 0.3 is 0 Å². The predicted octanol–water partition coefficient (Wildman–Crippen LogP) is 2.45. The van der Waals surface area contributed by atoms with Gasteiger partial charge < -0.3 is 5.73 Å². The molecule has 3 nitrogen and oxygen atoms in total. The van der Waals surface area contributed by atoms with Crippen LogP contribution in [0.2, 0.25) is 0 Å². The highest BCUT2D eigenvalue weighted by molar-refractivity contribution is 5.24. The van der Waals surface area contributed by atoms with E-state index in [1.807, 2.05) is 11.7 Å². The summed E-state index contributed by atoms with van der Waals surface area (Å²) in [6, 6.07) is 2.20. The summed E-state index contributed by atoms with van der Waals surface area (Å²) in [6.45, 7) is 6.57. The Labute approximate surface area is 98.0 Å². The zero-order chi connectivity index (χ0) is 12.0. The van der Waals surface area contributed by atoms with Crippen molar-refractivity contribution in [3.05, 3.63) is 17.5 Å². The van der Waals surface area contributed by atoms with Crippen LogP contribution in [0, 0.1) is 0 Å². The second-order valence-electron chi connectivity index (χ2n) is 6.15. The topological polar surface area (TPSA) is 43.8 Å². The van der Waals surface area contributed by atoms with Crippen molar-refractivity contribution in [2.24, 2.45) is 12.8 Å². The van der Waals surface area contributed by atoms with Crippen molar-refractivity contribution in [2.75, 3.05) is 0 Å². The van der Waals surface area contributed by atoms with Crippen molar-refractivity contribution in [1.82, 2.24) is 9.78 Å². The van der Waals surface area contributed by atoms with Crippen LogP contribution < -0.4 is 5.73 Å². The highest BCUT2D eigenvalue weighted by atomic mass is 15.3. The molecule has 0 unspecified atom stereocenters. The molecule has 0 amide bonds. The number of aryl methyl sites for hydroxylation is 1. The largest absolute Gasteiger partial charge is 0.320 e. The monoisotopic (exact) mass is 221 g/mol. The molecule has 1 heterocycles. The fraction of sp³-hybridized carbons (Fsp3) is 0.769. The Morgan fingerprint density at radius 1 is 1.31 bits per heavy atom. The van der Waals surface area contributed by atoms with Crippen LogP contribution in [0.25, 0.3) is 0 Å². The van der Waals surface area contributed by atoms with E-state index in [-0.39, 0.29) is 11.0 Å². The molecule has 0 bridgehead atoms. The molecule has 2 rings (SSSR count). The van der Waals surface area contributed by atoms with E-state index in [4.69, 9.17) is 5.73 Å². The number of hydrogen-bond acceptors (Lipinski definition) is 2. The van der Waals surface area contributed by atoms with Crippen molar-refractivity contribution in [3.63, 3.8) is 0 Å². The van der Waals surface area contributed by atoms with E-state index in [2.05, 4.69) is 31.9 Å². The molecule has 3 heteroatoms. The zero-order valence-electron chi connectivity index (χ0n) is 10.9. The van der Waals surface area contributed by atoms with E-state index in [1.54, 1.807) is 0 Å². The fourth-order valence-electron chi connectivity index (χ4n) is 2.56. The molecular weight excluding hydrogens is 198 g/mol. The van der Waals surface area contributed by atoms with Crippen molar-refractivity contribution >= 4 is 0 Å². The maximum absolute atomic E-state index is 6.48. The van der Waals surface area contributed by atoms with Gasteiger partial charge in [0.2, 0.25) is 0 Å². The van der Waals surface area contributed by atoms with Gasteiger partial charge in [0, 0.05) is 12.5 Å². The van der Waals surface area contributed by atoms with Crippen molar-refractivity contribution in [1.29, 1.82) is 0 Å². The van der Waals surface area contributed by atoms with Gasteiger partial charge in [0.05, 0.1) is 16.9 Å². The smallest absolute Gasteiger partial charge is 0.0681 e. The molecule has 2 N–H and O–H groups in total. The molecule has 16 heavy (non-hydrogen) atoms. The average molecular weight is 221 g/mol. The first kappa shape index (κ1) is 11.6. The number of hydrogen-bond donors (Lipinski definition) is 1. The molecule has 1 saturated carbocycles. The van der Waals surface area contributed by atoms with Gasteiger partial charge in [-0.1, -0.05) is 33.6 Å². The predicted molar refractivity (Wildman–Crippen MR) is 66.2 cm³/mol. The highest BCUT2D eigenvalue weighted by Gasteiger charge is 2.35. The molecule has 90 valence electrons. The third kappa shape index (κ3) is 1.88. The average Bonchev–Trinajstić information content (AvgIpc) is 2.71. The Balaban J connectivity index is 2.39. The lowest BCUT2D eigenvalue weighted by Gasteiger charge is -2.23. The van der Waals surface area contributed by atoms with Gasteiger partial charge in [0.1, 0.15) is 0 Å². The molecule has 0 aliphatic heterocycles. The van der Waals surface area contributed by atoms with Crippen LogP contribution in [0.4, 0.5) is 0 Å². The SMILES string of the molecule is Cn1nc(C(C)(C)C)cc1C1(N)CCCC1. The Hall–Kier alpha value is -0.830. The number of rotatable bonds is 1. The molecular formula is C13H23N3. The van der Waals surface area contributed by atoms with Gasteiger partial charge in [-0.05, 0) is 18.9 Å². The van der Waals surface area contributed by atoms with E-state index in [1.165, 1.54) is 18.5 Å². The third-order valence-corrected chi connectivity index (χ3v) is 3.65. The molecule has 0 spiro atoms. The Morgan fingerprint density at radius 3 is 2.31 bits per heavy atom. The molecule has 0 radical (unpaired) electrons. The number of aromatic nitrogens is 2. The Kier molecular flexibility index (Phi) is 2.61. The maximum Gasteiger partial charge on any atom is 0.0681 e. The van der Waals surface area contributed by atoms with Crippen LogP contribution >= 0.6 is 0 Å². The standard InChI is InChI=1S/C13H23N3/c1-12(2,3)10-9-11(16(4)15-10)13(14)7-5-6-8-13/h9H,5-8,14H2,1-4H3. The van der Waals surface area contributed by atoms with E-state index in [9.17, 15) is 0 Å². The molecule has 0 aromatic carbocycles. The third-order valence-electron chi connectivity index (χ3n) is 3.65. The van der Waals surface area contributed by atoms with Gasteiger partial charge in [0.15, 0.2) is 0 Å². The summed E-state index contributed by atoms with van der Waals surface area (Å²) in [7, 11) is 2.01. The maximum atomic E-state index is 6.48. The summed E-state index contributed by atoms with van der Waals surface area (Å²) in [5.74, 6) is 0. The first-order chi connectivity index (χ1) is 7.33. The van der Waals surface area contributed by atoms with Crippen LogP contribution in [-0.2, 0) is 18.0 Å². The minimum atomic E-state index is -0.134. The van der Waals surface area contributed by atoms with Crippen LogP contribution in [-0.4, -0.2) is 9.78 Å². The minimum Gasteiger partial charge on any atom is -0.320 e. The summed E-state index contributed by atoms with van der Waals surface area (Å²) < 4.78 is 1.98. The highest BCUT2D eigenvalue weighted by Crippen LogP contribution is 2.37. The first-order valence-corrected chi connectivity index (χ1v) is 6.17. The minimum absolute atomic E-state index is 0.102. The van der Waals surface area contributed by atoms with Crippen LogP contribution in [0.5, 0.6) is 0 Å². The number of nitrogens with two attached hydrogens (primary N) is 1. The van der Waals surface area contributed by atoms with Gasteiger partial charge in [-0.2, -0.15) is 5.10 Å². The lowest BCUT2D eigenvalue weighted by atomic mass is 9.89. The summed E-state index contributed by atoms with van der Waals surface area (Å²) in [5, 5.41) is 4.61. The van der Waals surface area contributed by atoms with Crippen molar-refractivity contribution in [3.8, 4) is 0 Å². The van der Waals surface area contributed by atoms with Crippen molar-refractivity contribution < 1.29 is 0 Å². The molecule has 1 aliphatic rings. The molecule has 1 aliphatic carbocycles. The summed E-state index contributed by atoms with van der Waals surface area (Å²) in [5.41, 5.74) is 8.79. The Morgan fingerprint density at radius 2 is 1.88 bits per heavy atom. The molecule has 1 aromatic heterocycles. The van der Waals surface area contributed by atoms with E-state index >= 15 is 0 Å². The second-order valence-corrected chi connectivity index (χ2v) is 6.15. The summed E-state index contributed by atoms with van der Waals surface area (Å²) >= 11 is 0. The van der Waals surface area contributed by atoms with Gasteiger partial charge in [0.25, 0.3) is 0 Å². The number of nitrogens with zero attached hydrogens (tertiary/aromatic N) is 2. The quantitative estimate of drug-likeness (QED) is 0.791. The van der Waals surface area contributed by atoms with Crippen molar-refractivity contribution in [2.45, 2.75) is 57.4 Å². The first-order valence-electron chi connectivity index (χ1n) is 6.17. The van der Waals surface area contributed by atoms with Crippen LogP contribution in [0.15, 0.2) is 6.07 Å². The molecule has 0 saturated heterocycles. The van der Waals surface area contributed by atoms with E-state index in [0.29, 0.717) is 0 Å². The Bertz CT molecular complexity index is 378. The molecule has 1 fully saturated rings. The van der Waals surface area contributed by atoms with Gasteiger partial charge in [-0.15, -0.1) is 0 Å².